The minimum Gasteiger partial charge on any atom is -0.464 e. The van der Waals surface area contributed by atoms with Crippen LogP contribution < -0.4 is 5.32 Å². The van der Waals surface area contributed by atoms with Gasteiger partial charge in [0, 0.05) is 23.3 Å². The van der Waals surface area contributed by atoms with Gasteiger partial charge >= 0.3 is 5.97 Å². The number of aromatic amines is 1. The first-order valence-corrected chi connectivity index (χ1v) is 10.2. The summed E-state index contributed by atoms with van der Waals surface area (Å²) in [5.74, 6) is -0.583. The lowest BCUT2D eigenvalue weighted by Gasteiger charge is -2.21. The number of carbonyl (C=O) groups is 2. The molecule has 0 fully saturated rings. The van der Waals surface area contributed by atoms with E-state index in [-0.39, 0.29) is 12.5 Å². The molecule has 2 aromatic carbocycles. The highest BCUT2D eigenvalue weighted by Gasteiger charge is 2.37. The molecule has 0 radical (unpaired) electrons. The number of aromatic nitrogens is 2. The van der Waals surface area contributed by atoms with Crippen LogP contribution in [0.3, 0.4) is 0 Å². The number of rotatable bonds is 5. The average Bonchev–Trinajstić information content (AvgIpc) is 3.22. The Morgan fingerprint density at radius 3 is 3.00 bits per heavy atom. The Morgan fingerprint density at radius 1 is 1.39 bits per heavy atom. The number of fused-ring (bicyclic) bond motifs is 2. The Balaban J connectivity index is 1.62. The van der Waals surface area contributed by atoms with E-state index in [4.69, 9.17) is 4.74 Å². The molecule has 0 bridgehead atoms. The number of nitrogens with zero attached hydrogens (tertiary/aromatic N) is 2. The summed E-state index contributed by atoms with van der Waals surface area (Å²) in [6.07, 6.45) is 0. The quantitative estimate of drug-likeness (QED) is 0.245. The first kappa shape index (κ1) is 18.7. The number of ether oxygens (including phenoxy) is 1. The monoisotopic (exact) mass is 490 g/mol. The second-order valence-corrected chi connectivity index (χ2v) is 7.75. The van der Waals surface area contributed by atoms with E-state index in [1.807, 2.05) is 65.9 Å². The second-order valence-electron chi connectivity index (χ2n) is 6.57. The number of amides is 1. The molecule has 4 rings (SSSR count). The second kappa shape index (κ2) is 7.42. The molecule has 0 spiro atoms. The molecule has 144 valence electrons. The highest BCUT2D eigenvalue weighted by Crippen LogP contribution is 2.34. The fourth-order valence-electron chi connectivity index (χ4n) is 3.39. The van der Waals surface area contributed by atoms with Crippen molar-refractivity contribution < 1.29 is 14.3 Å². The van der Waals surface area contributed by atoms with Crippen LogP contribution in [0.2, 0.25) is 0 Å². The third-order valence-corrected chi connectivity index (χ3v) is 5.93. The molecule has 1 atom stereocenters. The van der Waals surface area contributed by atoms with Crippen LogP contribution in [0, 0.1) is 6.92 Å². The fraction of sp³-hybridized carbons (Fsp3) is 0.250. The van der Waals surface area contributed by atoms with Crippen LogP contribution in [0.5, 0.6) is 0 Å². The van der Waals surface area contributed by atoms with Gasteiger partial charge in [0.1, 0.15) is 0 Å². The number of esters is 1. The van der Waals surface area contributed by atoms with Gasteiger partial charge in [-0.25, -0.2) is 4.79 Å². The zero-order valence-corrected chi connectivity index (χ0v) is 17.6. The third-order valence-electron chi connectivity index (χ3n) is 4.75. The number of benzene rings is 2. The lowest BCUT2D eigenvalue weighted by atomic mass is 10.1. The van der Waals surface area contributed by atoms with Gasteiger partial charge in [0.15, 0.2) is 4.05 Å². The zero-order valence-electron chi connectivity index (χ0n) is 15.5. The van der Waals surface area contributed by atoms with Crippen LogP contribution >= 0.6 is 22.6 Å². The Bertz CT molecular complexity index is 1080. The standard InChI is InChI=1S/C20H19IN4O3/c1-3-28-20(27)18(21)25-10-12-5-4-6-15(17(12)19(25)26)22-13-7-8-14-11(2)23-24-16(14)9-13/h4-9,18,22H,3,10H2,1-2H3,(H,23,24). The predicted octanol–water partition coefficient (Wildman–Crippen LogP) is 3.89. The Kier molecular flexibility index (Phi) is 4.96. The smallest absolute Gasteiger partial charge is 0.339 e. The summed E-state index contributed by atoms with van der Waals surface area (Å²) in [6, 6.07) is 11.6. The van der Waals surface area contributed by atoms with E-state index in [0.29, 0.717) is 17.8 Å². The number of alkyl halides is 1. The van der Waals surface area contributed by atoms with E-state index in [2.05, 4.69) is 15.5 Å². The van der Waals surface area contributed by atoms with Gasteiger partial charge in [0.2, 0.25) is 0 Å². The molecule has 0 saturated heterocycles. The number of carbonyl (C=O) groups excluding carboxylic acids is 2. The SMILES string of the molecule is CCOC(=O)C(I)N1Cc2cccc(Nc3ccc4c(C)[nH]nc4c3)c2C1=O. The van der Waals surface area contributed by atoms with Crippen LogP contribution in [0.1, 0.15) is 28.5 Å². The molecule has 8 heteroatoms. The fourth-order valence-corrected chi connectivity index (χ4v) is 4.02. The first-order valence-electron chi connectivity index (χ1n) is 8.95. The maximum Gasteiger partial charge on any atom is 0.339 e. The maximum atomic E-state index is 13.0. The van der Waals surface area contributed by atoms with Gasteiger partial charge in [-0.1, -0.05) is 12.1 Å². The topological polar surface area (TPSA) is 87.3 Å². The Labute approximate surface area is 175 Å². The van der Waals surface area contributed by atoms with Crippen molar-refractivity contribution in [3.8, 4) is 0 Å². The van der Waals surface area contributed by atoms with Crippen LogP contribution in [0.4, 0.5) is 11.4 Å². The van der Waals surface area contributed by atoms with Crippen molar-refractivity contribution in [3.63, 3.8) is 0 Å². The van der Waals surface area contributed by atoms with Gasteiger partial charge in [0.25, 0.3) is 5.91 Å². The van der Waals surface area contributed by atoms with E-state index >= 15 is 0 Å². The van der Waals surface area contributed by atoms with E-state index in [1.54, 1.807) is 6.92 Å². The normalized spacial score (nSPS) is 14.2. The lowest BCUT2D eigenvalue weighted by Crippen LogP contribution is -2.38. The minimum atomic E-state index is -0.659. The first-order chi connectivity index (χ1) is 13.5. The van der Waals surface area contributed by atoms with Gasteiger partial charge in [-0.05, 0) is 66.3 Å². The van der Waals surface area contributed by atoms with Crippen molar-refractivity contribution in [2.75, 3.05) is 11.9 Å². The molecule has 1 unspecified atom stereocenters. The summed E-state index contributed by atoms with van der Waals surface area (Å²) < 4.78 is 4.41. The molecule has 1 aliphatic rings. The van der Waals surface area contributed by atoms with Crippen molar-refractivity contribution in [2.24, 2.45) is 0 Å². The summed E-state index contributed by atoms with van der Waals surface area (Å²) >= 11 is 1.95. The van der Waals surface area contributed by atoms with Gasteiger partial charge < -0.3 is 15.0 Å². The van der Waals surface area contributed by atoms with Crippen molar-refractivity contribution in [1.29, 1.82) is 0 Å². The number of anilines is 2. The molecule has 28 heavy (non-hydrogen) atoms. The summed E-state index contributed by atoms with van der Waals surface area (Å²) in [4.78, 5) is 26.6. The average molecular weight is 490 g/mol. The Hall–Kier alpha value is -2.62. The molecule has 0 aliphatic carbocycles. The molecule has 0 saturated carbocycles. The molecule has 2 N–H and O–H groups in total. The summed E-state index contributed by atoms with van der Waals surface area (Å²) in [5.41, 5.74) is 4.90. The van der Waals surface area contributed by atoms with Crippen molar-refractivity contribution >= 4 is 56.7 Å². The van der Waals surface area contributed by atoms with Gasteiger partial charge in [-0.3, -0.25) is 9.89 Å². The molecule has 3 aromatic rings. The molecule has 7 nitrogen and oxygen atoms in total. The molecule has 1 aliphatic heterocycles. The third kappa shape index (κ3) is 3.21. The molecule has 1 amide bonds. The van der Waals surface area contributed by atoms with Crippen molar-refractivity contribution in [1.82, 2.24) is 15.1 Å². The van der Waals surface area contributed by atoms with Gasteiger partial charge in [-0.15, -0.1) is 0 Å². The molecular formula is C20H19IN4O3. The predicted molar refractivity (Wildman–Crippen MR) is 115 cm³/mol. The highest BCUT2D eigenvalue weighted by molar-refractivity contribution is 14.1. The highest BCUT2D eigenvalue weighted by atomic mass is 127. The molecule has 1 aromatic heterocycles. The van der Waals surface area contributed by atoms with Crippen LogP contribution in [-0.2, 0) is 16.1 Å². The van der Waals surface area contributed by atoms with Gasteiger partial charge in [-0.2, -0.15) is 5.10 Å². The minimum absolute atomic E-state index is 0.178. The van der Waals surface area contributed by atoms with Crippen LogP contribution in [0.25, 0.3) is 10.9 Å². The molecular weight excluding hydrogens is 471 g/mol. The van der Waals surface area contributed by atoms with Crippen LogP contribution in [0.15, 0.2) is 36.4 Å². The molecule has 2 heterocycles. The maximum absolute atomic E-state index is 13.0. The number of H-pyrrole nitrogens is 1. The number of aryl methyl sites for hydroxylation is 1. The number of halogens is 1. The van der Waals surface area contributed by atoms with Gasteiger partial charge in [0.05, 0.1) is 23.4 Å². The zero-order chi connectivity index (χ0) is 19.8. The van der Waals surface area contributed by atoms with E-state index in [1.165, 1.54) is 4.90 Å². The van der Waals surface area contributed by atoms with Crippen LogP contribution in [-0.4, -0.2) is 37.6 Å². The summed E-state index contributed by atoms with van der Waals surface area (Å²) in [6.45, 7) is 4.40. The van der Waals surface area contributed by atoms with Crippen molar-refractivity contribution in [3.05, 3.63) is 53.2 Å². The number of nitrogens with one attached hydrogen (secondary N) is 2. The largest absolute Gasteiger partial charge is 0.464 e. The lowest BCUT2D eigenvalue weighted by molar-refractivity contribution is -0.144. The number of hydrogen-bond donors (Lipinski definition) is 2. The van der Waals surface area contributed by atoms with E-state index in [9.17, 15) is 9.59 Å². The summed E-state index contributed by atoms with van der Waals surface area (Å²) in [5, 5.41) is 11.7. The van der Waals surface area contributed by atoms with E-state index in [0.717, 1.165) is 27.8 Å². The van der Waals surface area contributed by atoms with Crippen molar-refractivity contribution in [2.45, 2.75) is 24.4 Å². The summed E-state index contributed by atoms with van der Waals surface area (Å²) in [7, 11) is 0. The Morgan fingerprint density at radius 2 is 2.21 bits per heavy atom. The van der Waals surface area contributed by atoms with E-state index < -0.39 is 10.0 Å². The number of hydrogen-bond acceptors (Lipinski definition) is 5.